The summed E-state index contributed by atoms with van der Waals surface area (Å²) in [5.74, 6) is 0.292. The Balaban J connectivity index is 1.59. The Labute approximate surface area is 139 Å². The van der Waals surface area contributed by atoms with Crippen molar-refractivity contribution in [3.05, 3.63) is 29.8 Å². The smallest absolute Gasteiger partial charge is 0.223 e. The third-order valence-corrected chi connectivity index (χ3v) is 5.11. The van der Waals surface area contributed by atoms with Crippen LogP contribution in [0.1, 0.15) is 37.7 Å². The first-order valence-corrected chi connectivity index (χ1v) is 8.82. The number of nitrogens with zero attached hydrogens (tertiary/aromatic N) is 2. The van der Waals surface area contributed by atoms with Crippen molar-refractivity contribution in [2.75, 3.05) is 32.1 Å². The molecule has 126 valence electrons. The first-order chi connectivity index (χ1) is 11.1. The molecule has 0 radical (unpaired) electrons. The van der Waals surface area contributed by atoms with Gasteiger partial charge in [0.2, 0.25) is 5.91 Å². The molecule has 0 N–H and O–H groups in total. The van der Waals surface area contributed by atoms with Crippen molar-refractivity contribution in [1.82, 2.24) is 4.90 Å². The Morgan fingerprint density at radius 3 is 2.96 bits per heavy atom. The molecule has 4 nitrogen and oxygen atoms in total. The number of aryl methyl sites for hydroxylation is 1. The second-order valence-electron chi connectivity index (χ2n) is 6.91. The van der Waals surface area contributed by atoms with Crippen molar-refractivity contribution >= 4 is 11.6 Å². The van der Waals surface area contributed by atoms with Gasteiger partial charge in [-0.2, -0.15) is 0 Å². The summed E-state index contributed by atoms with van der Waals surface area (Å²) >= 11 is 0. The molecule has 0 spiro atoms. The standard InChI is InChI=1S/C19H28N2O2/c1-20(2)16-7-5-6-15(14-16)10-11-19(22)21-12-13-23-18-9-4-3-8-17(18)21/h5-7,14,17-18H,3-4,8-13H2,1-2H3/t17-,18+/m1/s1. The highest BCUT2D eigenvalue weighted by Crippen LogP contribution is 2.29. The van der Waals surface area contributed by atoms with E-state index < -0.39 is 0 Å². The van der Waals surface area contributed by atoms with Crippen molar-refractivity contribution in [2.24, 2.45) is 0 Å². The monoisotopic (exact) mass is 316 g/mol. The average Bonchev–Trinajstić information content (AvgIpc) is 2.59. The van der Waals surface area contributed by atoms with E-state index in [1.54, 1.807) is 0 Å². The number of hydrogen-bond donors (Lipinski definition) is 0. The SMILES string of the molecule is CN(C)c1cccc(CCC(=O)N2CCO[C@H]3CCCC[C@H]32)c1. The van der Waals surface area contributed by atoms with Gasteiger partial charge in [0.25, 0.3) is 0 Å². The number of carbonyl (C=O) groups is 1. The molecule has 1 aromatic rings. The molecule has 1 amide bonds. The van der Waals surface area contributed by atoms with Crippen LogP contribution in [0.25, 0.3) is 0 Å². The fraction of sp³-hybridized carbons (Fsp3) is 0.632. The molecule has 1 aromatic carbocycles. The zero-order valence-corrected chi connectivity index (χ0v) is 14.3. The Morgan fingerprint density at radius 1 is 1.30 bits per heavy atom. The minimum absolute atomic E-state index is 0.276. The molecular weight excluding hydrogens is 288 g/mol. The molecule has 1 heterocycles. The maximum absolute atomic E-state index is 12.7. The maximum atomic E-state index is 12.7. The molecule has 1 saturated heterocycles. The van der Waals surface area contributed by atoms with Crippen LogP contribution in [0.5, 0.6) is 0 Å². The summed E-state index contributed by atoms with van der Waals surface area (Å²) in [4.78, 5) is 16.9. The van der Waals surface area contributed by atoms with Gasteiger partial charge >= 0.3 is 0 Å². The highest BCUT2D eigenvalue weighted by molar-refractivity contribution is 5.77. The highest BCUT2D eigenvalue weighted by Gasteiger charge is 2.36. The van der Waals surface area contributed by atoms with Crippen LogP contribution in [0.4, 0.5) is 5.69 Å². The van der Waals surface area contributed by atoms with E-state index in [2.05, 4.69) is 34.1 Å². The van der Waals surface area contributed by atoms with E-state index in [1.807, 2.05) is 14.1 Å². The topological polar surface area (TPSA) is 32.8 Å². The zero-order chi connectivity index (χ0) is 16.2. The number of benzene rings is 1. The molecule has 2 fully saturated rings. The Hall–Kier alpha value is -1.55. The van der Waals surface area contributed by atoms with Crippen LogP contribution in [0.2, 0.25) is 0 Å². The van der Waals surface area contributed by atoms with E-state index >= 15 is 0 Å². The van der Waals surface area contributed by atoms with Crippen molar-refractivity contribution in [1.29, 1.82) is 0 Å². The number of fused-ring (bicyclic) bond motifs is 1. The molecule has 4 heteroatoms. The lowest BCUT2D eigenvalue weighted by Gasteiger charge is -2.43. The lowest BCUT2D eigenvalue weighted by atomic mass is 9.90. The maximum Gasteiger partial charge on any atom is 0.223 e. The van der Waals surface area contributed by atoms with Crippen molar-refractivity contribution < 1.29 is 9.53 Å². The second-order valence-corrected chi connectivity index (χ2v) is 6.91. The Kier molecular flexibility index (Phi) is 5.21. The van der Waals surface area contributed by atoms with E-state index in [4.69, 9.17) is 4.74 Å². The molecule has 2 atom stereocenters. The van der Waals surface area contributed by atoms with Gasteiger partial charge in [-0.3, -0.25) is 4.79 Å². The van der Waals surface area contributed by atoms with Gasteiger partial charge in [-0.15, -0.1) is 0 Å². The molecule has 23 heavy (non-hydrogen) atoms. The van der Waals surface area contributed by atoms with Gasteiger partial charge in [0.15, 0.2) is 0 Å². The average molecular weight is 316 g/mol. The van der Waals surface area contributed by atoms with Crippen LogP contribution in [0.3, 0.4) is 0 Å². The second kappa shape index (κ2) is 7.35. The number of rotatable bonds is 4. The van der Waals surface area contributed by atoms with Gasteiger partial charge in [0, 0.05) is 32.7 Å². The van der Waals surface area contributed by atoms with Gasteiger partial charge in [-0.25, -0.2) is 0 Å². The lowest BCUT2D eigenvalue weighted by Crippen LogP contribution is -2.54. The van der Waals surface area contributed by atoms with Gasteiger partial charge in [-0.1, -0.05) is 25.0 Å². The number of carbonyl (C=O) groups excluding carboxylic acids is 1. The molecule has 3 rings (SSSR count). The number of ether oxygens (including phenoxy) is 1. The number of amides is 1. The van der Waals surface area contributed by atoms with E-state index in [-0.39, 0.29) is 6.10 Å². The predicted octanol–water partition coefficient (Wildman–Crippen LogP) is 2.86. The quantitative estimate of drug-likeness (QED) is 0.856. The molecule has 2 aliphatic rings. The van der Waals surface area contributed by atoms with E-state index in [0.717, 1.165) is 25.8 Å². The normalized spacial score (nSPS) is 24.2. The first kappa shape index (κ1) is 16.3. The van der Waals surface area contributed by atoms with E-state index in [1.165, 1.54) is 24.1 Å². The highest BCUT2D eigenvalue weighted by atomic mass is 16.5. The summed E-state index contributed by atoms with van der Waals surface area (Å²) in [7, 11) is 4.09. The fourth-order valence-corrected chi connectivity index (χ4v) is 3.79. The minimum atomic E-state index is 0.276. The largest absolute Gasteiger partial charge is 0.378 e. The summed E-state index contributed by atoms with van der Waals surface area (Å²) < 4.78 is 5.87. The molecule has 1 saturated carbocycles. The van der Waals surface area contributed by atoms with Gasteiger partial charge in [-0.05, 0) is 37.0 Å². The summed E-state index contributed by atoms with van der Waals surface area (Å²) in [6, 6.07) is 8.78. The van der Waals surface area contributed by atoms with Crippen LogP contribution >= 0.6 is 0 Å². The summed E-state index contributed by atoms with van der Waals surface area (Å²) in [6.45, 7) is 1.46. The van der Waals surface area contributed by atoms with Gasteiger partial charge in [0.05, 0.1) is 18.8 Å². The molecule has 0 bridgehead atoms. The first-order valence-electron chi connectivity index (χ1n) is 8.82. The van der Waals surface area contributed by atoms with Crippen molar-refractivity contribution in [3.63, 3.8) is 0 Å². The lowest BCUT2D eigenvalue weighted by molar-refractivity contribution is -0.149. The fourth-order valence-electron chi connectivity index (χ4n) is 3.79. The Bertz CT molecular complexity index is 542. The summed E-state index contributed by atoms with van der Waals surface area (Å²) in [5.41, 5.74) is 2.42. The number of morpholine rings is 1. The molecule has 1 aliphatic carbocycles. The number of anilines is 1. The predicted molar refractivity (Wildman–Crippen MR) is 92.8 cm³/mol. The zero-order valence-electron chi connectivity index (χ0n) is 14.3. The molecular formula is C19H28N2O2. The van der Waals surface area contributed by atoms with Crippen molar-refractivity contribution in [3.8, 4) is 0 Å². The summed E-state index contributed by atoms with van der Waals surface area (Å²) in [5, 5.41) is 0. The molecule has 1 aliphatic heterocycles. The van der Waals surface area contributed by atoms with E-state index in [9.17, 15) is 4.79 Å². The Morgan fingerprint density at radius 2 is 2.13 bits per heavy atom. The molecule has 0 aromatic heterocycles. The van der Waals surface area contributed by atoms with Crippen LogP contribution in [0, 0.1) is 0 Å². The minimum Gasteiger partial charge on any atom is -0.378 e. The van der Waals surface area contributed by atoms with E-state index in [0.29, 0.717) is 25.0 Å². The van der Waals surface area contributed by atoms with Crippen LogP contribution in [0.15, 0.2) is 24.3 Å². The third kappa shape index (κ3) is 3.86. The van der Waals surface area contributed by atoms with Crippen LogP contribution < -0.4 is 4.90 Å². The van der Waals surface area contributed by atoms with Crippen LogP contribution in [-0.4, -0.2) is 50.2 Å². The van der Waals surface area contributed by atoms with Crippen LogP contribution in [-0.2, 0) is 16.0 Å². The molecule has 0 unspecified atom stereocenters. The summed E-state index contributed by atoms with van der Waals surface area (Å²) in [6.07, 6.45) is 6.36. The van der Waals surface area contributed by atoms with Gasteiger partial charge in [0.1, 0.15) is 0 Å². The number of hydrogen-bond acceptors (Lipinski definition) is 3. The van der Waals surface area contributed by atoms with Crippen molar-refractivity contribution in [2.45, 2.75) is 50.7 Å². The third-order valence-electron chi connectivity index (χ3n) is 5.11. The van der Waals surface area contributed by atoms with Gasteiger partial charge < -0.3 is 14.5 Å².